The fourth-order valence-corrected chi connectivity index (χ4v) is 4.86. The molecule has 2 atom stereocenters. The number of hydrogen-bond donors (Lipinski definition) is 1. The summed E-state index contributed by atoms with van der Waals surface area (Å²) >= 11 is 0. The Bertz CT molecular complexity index is 511. The van der Waals surface area contributed by atoms with E-state index in [9.17, 15) is 4.21 Å². The van der Waals surface area contributed by atoms with Crippen molar-refractivity contribution >= 4 is 16.5 Å². The topological polar surface area (TPSA) is 52.3 Å². The number of aryl methyl sites for hydroxylation is 1. The first-order valence-corrected chi connectivity index (χ1v) is 8.22. The lowest BCUT2D eigenvalue weighted by Crippen LogP contribution is -2.48. The average Bonchev–Trinajstić information content (AvgIpc) is 2.39. The van der Waals surface area contributed by atoms with Crippen LogP contribution in [-0.2, 0) is 15.5 Å². The average molecular weight is 279 g/mol. The molecule has 19 heavy (non-hydrogen) atoms. The molecular formula is C15H21NO2S. The second-order valence-electron chi connectivity index (χ2n) is 5.82. The van der Waals surface area contributed by atoms with Crippen LogP contribution in [0.25, 0.3) is 0 Å². The lowest BCUT2D eigenvalue weighted by Gasteiger charge is -2.46. The standard InChI is InChI=1S/C15H21NO2S/c1-11-3-4-12(16)9-14(11)19(17)13-5-8-18-15(10-13)6-2-7-15/h3-4,9,13H,2,5-8,10,16H2,1H3. The van der Waals surface area contributed by atoms with E-state index < -0.39 is 10.8 Å². The van der Waals surface area contributed by atoms with Crippen LogP contribution >= 0.6 is 0 Å². The molecule has 0 radical (unpaired) electrons. The van der Waals surface area contributed by atoms with Crippen LogP contribution in [0.15, 0.2) is 23.1 Å². The van der Waals surface area contributed by atoms with E-state index in [2.05, 4.69) is 0 Å². The molecule has 0 bridgehead atoms. The Morgan fingerprint density at radius 1 is 1.42 bits per heavy atom. The second-order valence-corrected chi connectivity index (χ2v) is 7.52. The number of hydrogen-bond acceptors (Lipinski definition) is 3. The first-order chi connectivity index (χ1) is 9.10. The van der Waals surface area contributed by atoms with E-state index >= 15 is 0 Å². The van der Waals surface area contributed by atoms with Crippen LogP contribution in [0.2, 0.25) is 0 Å². The molecule has 0 aromatic heterocycles. The lowest BCUT2D eigenvalue weighted by atomic mass is 9.75. The van der Waals surface area contributed by atoms with Gasteiger partial charge in [-0.3, -0.25) is 4.21 Å². The van der Waals surface area contributed by atoms with Gasteiger partial charge in [-0.05, 0) is 56.7 Å². The van der Waals surface area contributed by atoms with Crippen LogP contribution in [0, 0.1) is 6.92 Å². The van der Waals surface area contributed by atoms with Crippen molar-refractivity contribution in [2.24, 2.45) is 0 Å². The highest BCUT2D eigenvalue weighted by Crippen LogP contribution is 2.44. The number of rotatable bonds is 2. The summed E-state index contributed by atoms with van der Waals surface area (Å²) < 4.78 is 18.7. The lowest BCUT2D eigenvalue weighted by molar-refractivity contribution is -0.125. The maximum Gasteiger partial charge on any atom is 0.0694 e. The molecule has 1 aromatic rings. The predicted molar refractivity (Wildman–Crippen MR) is 77.6 cm³/mol. The van der Waals surface area contributed by atoms with Gasteiger partial charge in [0.15, 0.2) is 0 Å². The highest BCUT2D eigenvalue weighted by Gasteiger charge is 2.44. The summed E-state index contributed by atoms with van der Waals surface area (Å²) in [7, 11) is -0.966. The normalized spacial score (nSPS) is 26.9. The molecule has 1 spiro atoms. The molecule has 1 aliphatic carbocycles. The van der Waals surface area contributed by atoms with Crippen molar-refractivity contribution in [3.05, 3.63) is 23.8 Å². The van der Waals surface area contributed by atoms with Gasteiger partial charge in [-0.2, -0.15) is 0 Å². The Balaban J connectivity index is 1.81. The predicted octanol–water partition coefficient (Wildman–Crippen LogP) is 2.79. The molecule has 104 valence electrons. The van der Waals surface area contributed by atoms with Crippen LogP contribution in [0.3, 0.4) is 0 Å². The Morgan fingerprint density at radius 2 is 2.21 bits per heavy atom. The van der Waals surface area contributed by atoms with Crippen molar-refractivity contribution in [1.82, 2.24) is 0 Å². The maximum absolute atomic E-state index is 12.8. The van der Waals surface area contributed by atoms with Crippen molar-refractivity contribution < 1.29 is 8.95 Å². The zero-order valence-corrected chi connectivity index (χ0v) is 12.2. The first-order valence-electron chi connectivity index (χ1n) is 7.00. The minimum Gasteiger partial charge on any atom is -0.399 e. The minimum atomic E-state index is -0.966. The van der Waals surface area contributed by atoms with E-state index in [4.69, 9.17) is 10.5 Å². The second kappa shape index (κ2) is 4.91. The molecule has 1 aliphatic heterocycles. The van der Waals surface area contributed by atoms with Crippen molar-refractivity contribution in [3.8, 4) is 0 Å². The molecule has 3 nitrogen and oxygen atoms in total. The van der Waals surface area contributed by atoms with Gasteiger partial charge < -0.3 is 10.5 Å². The maximum atomic E-state index is 12.8. The van der Waals surface area contributed by atoms with Crippen LogP contribution in [0.5, 0.6) is 0 Å². The van der Waals surface area contributed by atoms with Gasteiger partial charge in [0.1, 0.15) is 0 Å². The van der Waals surface area contributed by atoms with E-state index in [-0.39, 0.29) is 10.9 Å². The van der Waals surface area contributed by atoms with Gasteiger partial charge in [0.2, 0.25) is 0 Å². The third-order valence-electron chi connectivity index (χ3n) is 4.44. The van der Waals surface area contributed by atoms with Gasteiger partial charge in [0, 0.05) is 22.4 Å². The molecule has 1 aromatic carbocycles. The Morgan fingerprint density at radius 3 is 2.89 bits per heavy atom. The van der Waals surface area contributed by atoms with Gasteiger partial charge >= 0.3 is 0 Å². The molecule has 1 saturated carbocycles. The number of anilines is 1. The molecule has 1 heterocycles. The quantitative estimate of drug-likeness (QED) is 0.847. The molecule has 0 amide bonds. The smallest absolute Gasteiger partial charge is 0.0694 e. The Labute approximate surface area is 117 Å². The molecule has 4 heteroatoms. The molecule has 3 rings (SSSR count). The highest BCUT2D eigenvalue weighted by atomic mass is 32.2. The largest absolute Gasteiger partial charge is 0.399 e. The third kappa shape index (κ3) is 2.43. The molecule has 2 unspecified atom stereocenters. The molecule has 2 N–H and O–H groups in total. The summed E-state index contributed by atoms with van der Waals surface area (Å²) in [6.45, 7) is 2.75. The summed E-state index contributed by atoms with van der Waals surface area (Å²) in [5.74, 6) is 0. The molecule has 1 saturated heterocycles. The Kier molecular flexibility index (Phi) is 3.39. The fraction of sp³-hybridized carbons (Fsp3) is 0.600. The minimum absolute atomic E-state index is 0.0484. The SMILES string of the molecule is Cc1ccc(N)cc1S(=O)C1CCOC2(CCC2)C1. The number of nitrogens with two attached hydrogens (primary N) is 1. The number of benzene rings is 1. The fourth-order valence-electron chi connectivity index (χ4n) is 3.10. The number of nitrogen functional groups attached to an aromatic ring is 1. The van der Waals surface area contributed by atoms with Crippen molar-refractivity contribution in [2.75, 3.05) is 12.3 Å². The van der Waals surface area contributed by atoms with Gasteiger partial charge in [-0.15, -0.1) is 0 Å². The molecule has 2 fully saturated rings. The van der Waals surface area contributed by atoms with Crippen LogP contribution in [0.4, 0.5) is 5.69 Å². The number of ether oxygens (including phenoxy) is 1. The van der Waals surface area contributed by atoms with E-state index in [0.717, 1.165) is 42.7 Å². The van der Waals surface area contributed by atoms with Crippen LogP contribution in [0.1, 0.15) is 37.7 Å². The monoisotopic (exact) mass is 279 g/mol. The third-order valence-corrected chi connectivity index (χ3v) is 6.33. The van der Waals surface area contributed by atoms with Crippen LogP contribution < -0.4 is 5.73 Å². The van der Waals surface area contributed by atoms with Crippen LogP contribution in [-0.4, -0.2) is 21.7 Å². The Hall–Kier alpha value is -0.870. The van der Waals surface area contributed by atoms with Gasteiger partial charge in [-0.25, -0.2) is 0 Å². The van der Waals surface area contributed by atoms with E-state index in [0.29, 0.717) is 5.69 Å². The summed E-state index contributed by atoms with van der Waals surface area (Å²) in [4.78, 5) is 0.904. The first kappa shape index (κ1) is 13.1. The highest BCUT2D eigenvalue weighted by molar-refractivity contribution is 7.85. The summed E-state index contributed by atoms with van der Waals surface area (Å²) in [6, 6.07) is 5.70. The van der Waals surface area contributed by atoms with E-state index in [1.54, 1.807) is 0 Å². The van der Waals surface area contributed by atoms with Gasteiger partial charge in [-0.1, -0.05) is 6.07 Å². The summed E-state index contributed by atoms with van der Waals surface area (Å²) in [5, 5.41) is 0.217. The van der Waals surface area contributed by atoms with Gasteiger partial charge in [0.05, 0.1) is 16.4 Å². The van der Waals surface area contributed by atoms with Crippen molar-refractivity contribution in [2.45, 2.75) is 54.8 Å². The van der Waals surface area contributed by atoms with Crippen molar-refractivity contribution in [3.63, 3.8) is 0 Å². The van der Waals surface area contributed by atoms with Gasteiger partial charge in [0.25, 0.3) is 0 Å². The molecule has 2 aliphatic rings. The zero-order chi connectivity index (χ0) is 13.5. The zero-order valence-electron chi connectivity index (χ0n) is 11.4. The van der Waals surface area contributed by atoms with E-state index in [1.807, 2.05) is 25.1 Å². The molecular weight excluding hydrogens is 258 g/mol. The summed E-state index contributed by atoms with van der Waals surface area (Å²) in [5.41, 5.74) is 7.64. The summed E-state index contributed by atoms with van der Waals surface area (Å²) in [6.07, 6.45) is 5.35. The van der Waals surface area contributed by atoms with Crippen molar-refractivity contribution in [1.29, 1.82) is 0 Å². The van der Waals surface area contributed by atoms with E-state index in [1.165, 1.54) is 6.42 Å².